The molecule has 4 heteroatoms. The summed E-state index contributed by atoms with van der Waals surface area (Å²) in [5, 5.41) is 18.5. The molecule has 0 aliphatic heterocycles. The summed E-state index contributed by atoms with van der Waals surface area (Å²) in [6, 6.07) is 7.83. The molecule has 1 N–H and O–H groups in total. The molecule has 1 fully saturated rings. The molecule has 1 aromatic rings. The van der Waals surface area contributed by atoms with Gasteiger partial charge in [-0.1, -0.05) is 15.9 Å². The van der Waals surface area contributed by atoms with Crippen molar-refractivity contribution in [2.75, 3.05) is 6.61 Å². The largest absolute Gasteiger partial charge is 0.493 e. The number of benzene rings is 1. The third-order valence-electron chi connectivity index (χ3n) is 3.37. The fourth-order valence-electron chi connectivity index (χ4n) is 1.92. The van der Waals surface area contributed by atoms with Crippen molar-refractivity contribution in [2.45, 2.75) is 32.3 Å². The lowest BCUT2D eigenvalue weighted by atomic mass is 10.1. The first-order valence-corrected chi connectivity index (χ1v) is 6.83. The van der Waals surface area contributed by atoms with Gasteiger partial charge in [-0.3, -0.25) is 0 Å². The molecule has 1 aromatic carbocycles. The van der Waals surface area contributed by atoms with E-state index in [2.05, 4.69) is 22.0 Å². The molecule has 0 heterocycles. The summed E-state index contributed by atoms with van der Waals surface area (Å²) in [6.07, 6.45) is 2.10. The Kier molecular flexibility index (Phi) is 3.94. The highest BCUT2D eigenvalue weighted by atomic mass is 79.9. The Balaban J connectivity index is 2.08. The van der Waals surface area contributed by atoms with Gasteiger partial charge in [0.05, 0.1) is 18.8 Å². The van der Waals surface area contributed by atoms with Crippen LogP contribution in [0.15, 0.2) is 22.7 Å². The molecule has 0 bridgehead atoms. The second-order valence-corrected chi connectivity index (χ2v) is 5.90. The lowest BCUT2D eigenvalue weighted by molar-refractivity contribution is 0.183. The zero-order valence-corrected chi connectivity index (χ0v) is 11.9. The van der Waals surface area contributed by atoms with Crippen molar-refractivity contribution in [1.29, 1.82) is 5.26 Å². The maximum absolute atomic E-state index is 9.72. The van der Waals surface area contributed by atoms with E-state index < -0.39 is 6.10 Å². The SMILES string of the molecule is C[C@@H](O)c1cc(Br)ccc1OCC1(CC#N)CC1. The van der Waals surface area contributed by atoms with Crippen LogP contribution in [0.5, 0.6) is 5.75 Å². The van der Waals surface area contributed by atoms with Crippen LogP contribution in [0.2, 0.25) is 0 Å². The zero-order chi connectivity index (χ0) is 13.2. The van der Waals surface area contributed by atoms with Gasteiger partial charge in [0.2, 0.25) is 0 Å². The van der Waals surface area contributed by atoms with Crippen LogP contribution in [0.4, 0.5) is 0 Å². The molecule has 0 amide bonds. The fraction of sp³-hybridized carbons (Fsp3) is 0.500. The van der Waals surface area contributed by atoms with Crippen LogP contribution in [0.1, 0.15) is 37.9 Å². The Labute approximate surface area is 116 Å². The van der Waals surface area contributed by atoms with E-state index >= 15 is 0 Å². The molecule has 0 saturated heterocycles. The van der Waals surface area contributed by atoms with E-state index in [4.69, 9.17) is 10.00 Å². The molecule has 2 rings (SSSR count). The number of halogens is 1. The smallest absolute Gasteiger partial charge is 0.125 e. The summed E-state index contributed by atoms with van der Waals surface area (Å²) < 4.78 is 6.72. The van der Waals surface area contributed by atoms with Gasteiger partial charge in [-0.25, -0.2) is 0 Å². The molecule has 96 valence electrons. The molecular weight excluding hydrogens is 294 g/mol. The van der Waals surface area contributed by atoms with Gasteiger partial charge in [0.1, 0.15) is 5.75 Å². The highest BCUT2D eigenvalue weighted by Gasteiger charge is 2.43. The number of aliphatic hydroxyl groups is 1. The first-order chi connectivity index (χ1) is 8.56. The van der Waals surface area contributed by atoms with Gasteiger partial charge in [0.15, 0.2) is 0 Å². The third-order valence-corrected chi connectivity index (χ3v) is 3.86. The Morgan fingerprint density at radius 1 is 1.56 bits per heavy atom. The molecule has 1 aliphatic rings. The topological polar surface area (TPSA) is 53.2 Å². The highest BCUT2D eigenvalue weighted by molar-refractivity contribution is 9.10. The van der Waals surface area contributed by atoms with Crippen LogP contribution >= 0.6 is 15.9 Å². The van der Waals surface area contributed by atoms with E-state index in [1.807, 2.05) is 18.2 Å². The molecule has 1 aliphatic carbocycles. The van der Waals surface area contributed by atoms with Crippen molar-refractivity contribution in [3.05, 3.63) is 28.2 Å². The van der Waals surface area contributed by atoms with Crippen molar-refractivity contribution < 1.29 is 9.84 Å². The van der Waals surface area contributed by atoms with Gasteiger partial charge in [0, 0.05) is 21.9 Å². The number of aliphatic hydroxyl groups excluding tert-OH is 1. The number of nitrogens with zero attached hydrogens (tertiary/aromatic N) is 1. The predicted octanol–water partition coefficient (Wildman–Crippen LogP) is 3.58. The average molecular weight is 310 g/mol. The summed E-state index contributed by atoms with van der Waals surface area (Å²) in [5.74, 6) is 0.706. The van der Waals surface area contributed by atoms with Crippen molar-refractivity contribution in [3.63, 3.8) is 0 Å². The normalized spacial score (nSPS) is 17.9. The van der Waals surface area contributed by atoms with Gasteiger partial charge in [0.25, 0.3) is 0 Å². The van der Waals surface area contributed by atoms with E-state index in [1.165, 1.54) is 0 Å². The Hall–Kier alpha value is -1.05. The Morgan fingerprint density at radius 3 is 2.83 bits per heavy atom. The van der Waals surface area contributed by atoms with Crippen LogP contribution in [-0.4, -0.2) is 11.7 Å². The van der Waals surface area contributed by atoms with Crippen LogP contribution in [0.3, 0.4) is 0 Å². The quantitative estimate of drug-likeness (QED) is 0.904. The maximum atomic E-state index is 9.72. The highest BCUT2D eigenvalue weighted by Crippen LogP contribution is 2.49. The Bertz CT molecular complexity index is 475. The molecule has 1 atom stereocenters. The van der Waals surface area contributed by atoms with Crippen molar-refractivity contribution in [1.82, 2.24) is 0 Å². The maximum Gasteiger partial charge on any atom is 0.125 e. The van der Waals surface area contributed by atoms with Gasteiger partial charge < -0.3 is 9.84 Å². The molecule has 0 radical (unpaired) electrons. The predicted molar refractivity (Wildman–Crippen MR) is 72.2 cm³/mol. The van der Waals surface area contributed by atoms with Crippen molar-refractivity contribution in [3.8, 4) is 11.8 Å². The zero-order valence-electron chi connectivity index (χ0n) is 10.3. The standard InChI is InChI=1S/C14H16BrNO2/c1-10(17)12-8-11(15)2-3-13(12)18-9-14(4-5-14)6-7-16/h2-3,8,10,17H,4-6,9H2,1H3/t10-/m1/s1. The number of rotatable bonds is 5. The molecule has 0 aromatic heterocycles. The first kappa shape index (κ1) is 13.4. The third kappa shape index (κ3) is 3.04. The fourth-order valence-corrected chi connectivity index (χ4v) is 2.30. The second-order valence-electron chi connectivity index (χ2n) is 4.98. The summed E-state index contributed by atoms with van der Waals surface area (Å²) in [4.78, 5) is 0. The summed E-state index contributed by atoms with van der Waals surface area (Å²) in [7, 11) is 0. The van der Waals surface area contributed by atoms with Gasteiger partial charge in [-0.05, 0) is 38.0 Å². The van der Waals surface area contributed by atoms with Gasteiger partial charge in [-0.2, -0.15) is 5.26 Å². The van der Waals surface area contributed by atoms with Crippen molar-refractivity contribution in [2.24, 2.45) is 5.41 Å². The summed E-state index contributed by atoms with van der Waals surface area (Å²) in [6.45, 7) is 2.28. The monoisotopic (exact) mass is 309 g/mol. The number of hydrogen-bond acceptors (Lipinski definition) is 3. The lowest BCUT2D eigenvalue weighted by Gasteiger charge is -2.17. The summed E-state index contributed by atoms with van der Waals surface area (Å²) in [5.41, 5.74) is 0.828. The van der Waals surface area contributed by atoms with Crippen LogP contribution < -0.4 is 4.74 Å². The molecule has 1 saturated carbocycles. The van der Waals surface area contributed by atoms with E-state index in [9.17, 15) is 5.11 Å². The number of nitriles is 1. The van der Waals surface area contributed by atoms with Crippen LogP contribution in [0, 0.1) is 16.7 Å². The van der Waals surface area contributed by atoms with Crippen LogP contribution in [0.25, 0.3) is 0 Å². The average Bonchev–Trinajstić information content (AvgIpc) is 3.08. The van der Waals surface area contributed by atoms with Gasteiger partial charge in [-0.15, -0.1) is 0 Å². The lowest BCUT2D eigenvalue weighted by Crippen LogP contribution is -2.13. The molecule has 3 nitrogen and oxygen atoms in total. The molecule has 18 heavy (non-hydrogen) atoms. The van der Waals surface area contributed by atoms with E-state index in [0.29, 0.717) is 18.8 Å². The van der Waals surface area contributed by atoms with E-state index in [-0.39, 0.29) is 5.41 Å². The van der Waals surface area contributed by atoms with E-state index in [0.717, 1.165) is 22.9 Å². The number of hydrogen-bond donors (Lipinski definition) is 1. The van der Waals surface area contributed by atoms with Gasteiger partial charge >= 0.3 is 0 Å². The minimum Gasteiger partial charge on any atom is -0.493 e. The van der Waals surface area contributed by atoms with E-state index in [1.54, 1.807) is 6.92 Å². The molecular formula is C14H16BrNO2. The Morgan fingerprint density at radius 2 is 2.28 bits per heavy atom. The van der Waals surface area contributed by atoms with Crippen molar-refractivity contribution >= 4 is 15.9 Å². The minimum atomic E-state index is -0.566. The van der Waals surface area contributed by atoms with Crippen LogP contribution in [-0.2, 0) is 0 Å². The number of ether oxygens (including phenoxy) is 1. The molecule has 0 unspecified atom stereocenters. The molecule has 0 spiro atoms. The first-order valence-electron chi connectivity index (χ1n) is 6.04. The minimum absolute atomic E-state index is 0.0534. The summed E-state index contributed by atoms with van der Waals surface area (Å²) >= 11 is 3.38. The second kappa shape index (κ2) is 5.29.